The van der Waals surface area contributed by atoms with Crippen LogP contribution >= 0.6 is 0 Å². The molecule has 3 rings (SSSR count). The summed E-state index contributed by atoms with van der Waals surface area (Å²) in [5.41, 5.74) is -0.435. The molecule has 3 aromatic rings. The van der Waals surface area contributed by atoms with Gasteiger partial charge in [0.25, 0.3) is 5.91 Å². The van der Waals surface area contributed by atoms with Gasteiger partial charge in [-0.2, -0.15) is 8.42 Å². The van der Waals surface area contributed by atoms with E-state index in [0.717, 1.165) is 5.56 Å². The van der Waals surface area contributed by atoms with E-state index in [1.165, 1.54) is 24.3 Å². The minimum Gasteiger partial charge on any atom is -0.347 e. The molecular weight excluding hydrogens is 391 g/mol. The highest BCUT2D eigenvalue weighted by atomic mass is 32.2. The summed E-state index contributed by atoms with van der Waals surface area (Å²) in [6.45, 7) is 1.79. The number of rotatable bonds is 6. The van der Waals surface area contributed by atoms with Gasteiger partial charge in [-0.1, -0.05) is 72.8 Å². The lowest BCUT2D eigenvalue weighted by Gasteiger charge is -2.29. The first-order valence-electron chi connectivity index (χ1n) is 8.93. The van der Waals surface area contributed by atoms with Gasteiger partial charge >= 0.3 is 10.5 Å². The molecule has 3 aromatic carbocycles. The molecule has 1 N–H and O–H groups in total. The summed E-state index contributed by atoms with van der Waals surface area (Å²) in [5, 5.41) is 2.85. The summed E-state index contributed by atoms with van der Waals surface area (Å²) in [5.74, 6) is -1.13. The summed E-state index contributed by atoms with van der Waals surface area (Å²) in [4.78, 5) is 13.5. The lowest BCUT2D eigenvalue weighted by Crippen LogP contribution is -2.45. The van der Waals surface area contributed by atoms with Crippen LogP contribution in [-0.2, 0) is 20.8 Å². The summed E-state index contributed by atoms with van der Waals surface area (Å²) < 4.78 is 40.7. The minimum absolute atomic E-state index is 0.243. The molecule has 0 aliphatic carbocycles. The van der Waals surface area contributed by atoms with Crippen LogP contribution < -0.4 is 5.32 Å². The quantitative estimate of drug-likeness (QED) is 0.667. The van der Waals surface area contributed by atoms with Crippen molar-refractivity contribution in [3.63, 3.8) is 0 Å². The summed E-state index contributed by atoms with van der Waals surface area (Å²) in [6.07, 6.45) is 0. The fourth-order valence-corrected chi connectivity index (χ4v) is 3.70. The second-order valence-corrected chi connectivity index (χ2v) is 7.11. The molecule has 7 heteroatoms. The van der Waals surface area contributed by atoms with Crippen molar-refractivity contribution in [2.45, 2.75) is 18.5 Å². The molecule has 29 heavy (non-hydrogen) atoms. The predicted octanol–water partition coefficient (Wildman–Crippen LogP) is 4.01. The first-order valence-corrected chi connectivity index (χ1v) is 9.96. The van der Waals surface area contributed by atoms with Gasteiger partial charge in [-0.3, -0.25) is 4.79 Å². The van der Waals surface area contributed by atoms with Crippen LogP contribution in [0.3, 0.4) is 0 Å². The third-order valence-corrected chi connectivity index (χ3v) is 5.06. The number of nitrogens with zero attached hydrogens (tertiary/aromatic N) is 1. The zero-order valence-corrected chi connectivity index (χ0v) is 16.4. The van der Waals surface area contributed by atoms with Gasteiger partial charge < -0.3 is 5.32 Å². The van der Waals surface area contributed by atoms with E-state index in [0.29, 0.717) is 5.56 Å². The average molecular weight is 410 g/mol. The van der Waals surface area contributed by atoms with Crippen molar-refractivity contribution in [3.8, 4) is 0 Å². The molecule has 2 unspecified atom stereocenters. The van der Waals surface area contributed by atoms with Crippen LogP contribution in [0.5, 0.6) is 0 Å². The monoisotopic (exact) mass is 410 g/mol. The number of carbonyl (C=O) groups excluding carboxylic acids is 1. The lowest BCUT2D eigenvalue weighted by molar-refractivity contribution is -0.125. The van der Waals surface area contributed by atoms with Crippen molar-refractivity contribution >= 4 is 16.4 Å². The molecule has 0 spiro atoms. The first kappa shape index (κ1) is 20.4. The first-order chi connectivity index (χ1) is 13.9. The Labute approximate surface area is 169 Å². The Bertz CT molecular complexity index is 1110. The van der Waals surface area contributed by atoms with E-state index in [1.54, 1.807) is 37.3 Å². The van der Waals surface area contributed by atoms with Gasteiger partial charge in [0.2, 0.25) is 5.54 Å². The SMILES string of the molecule is CC(NC(=O)C(N=S(=O)=O)(c1ccccc1)c1ccc(F)cc1)c1ccccc1. The molecule has 0 aliphatic heterocycles. The Morgan fingerprint density at radius 3 is 1.97 bits per heavy atom. The lowest BCUT2D eigenvalue weighted by atomic mass is 9.82. The molecule has 0 aromatic heterocycles. The van der Waals surface area contributed by atoms with Crippen LogP contribution in [0.2, 0.25) is 0 Å². The van der Waals surface area contributed by atoms with Crippen LogP contribution in [0, 0.1) is 5.82 Å². The average Bonchev–Trinajstić information content (AvgIpc) is 2.73. The standard InChI is InChI=1S/C22H19FN2O3S/c1-16(17-8-4-2-5-9-17)24-21(26)22(25-29(27)28,18-10-6-3-7-11-18)19-12-14-20(23)15-13-19/h2-16H,1H3,(H,24,26). The van der Waals surface area contributed by atoms with Gasteiger partial charge in [0, 0.05) is 0 Å². The molecule has 148 valence electrons. The van der Waals surface area contributed by atoms with E-state index in [9.17, 15) is 17.6 Å². The fraction of sp³-hybridized carbons (Fsp3) is 0.136. The number of carbonyl (C=O) groups is 1. The van der Waals surface area contributed by atoms with Crippen LogP contribution in [0.25, 0.3) is 0 Å². The minimum atomic E-state index is -2.90. The normalized spacial score (nSPS) is 13.7. The van der Waals surface area contributed by atoms with E-state index in [1.807, 2.05) is 30.3 Å². The number of benzene rings is 3. The number of hydrogen-bond donors (Lipinski definition) is 1. The Morgan fingerprint density at radius 1 is 0.897 bits per heavy atom. The van der Waals surface area contributed by atoms with E-state index >= 15 is 0 Å². The number of nitrogens with one attached hydrogen (secondary N) is 1. The van der Waals surface area contributed by atoms with Crippen LogP contribution in [0.4, 0.5) is 4.39 Å². The highest BCUT2D eigenvalue weighted by Crippen LogP contribution is 2.35. The highest BCUT2D eigenvalue weighted by Gasteiger charge is 2.43. The van der Waals surface area contributed by atoms with E-state index in [-0.39, 0.29) is 5.56 Å². The topological polar surface area (TPSA) is 75.6 Å². The molecule has 0 heterocycles. The Hall–Kier alpha value is -3.32. The molecule has 1 amide bonds. The molecule has 0 bridgehead atoms. The molecule has 0 radical (unpaired) electrons. The second-order valence-electron chi connectivity index (χ2n) is 6.50. The molecule has 0 saturated heterocycles. The van der Waals surface area contributed by atoms with E-state index in [4.69, 9.17) is 0 Å². The van der Waals surface area contributed by atoms with Gasteiger partial charge in [-0.25, -0.2) is 4.39 Å². The summed E-state index contributed by atoms with van der Waals surface area (Å²) in [7, 11) is -2.90. The van der Waals surface area contributed by atoms with Gasteiger partial charge in [-0.05, 0) is 35.7 Å². The Morgan fingerprint density at radius 2 is 1.41 bits per heavy atom. The summed E-state index contributed by atoms with van der Waals surface area (Å²) in [6, 6.07) is 22.3. The van der Waals surface area contributed by atoms with Crippen LogP contribution in [0.1, 0.15) is 29.7 Å². The van der Waals surface area contributed by atoms with E-state index < -0.39 is 33.8 Å². The summed E-state index contributed by atoms with van der Waals surface area (Å²) >= 11 is 0. The number of hydrogen-bond acceptors (Lipinski definition) is 4. The number of halogens is 1. The maximum Gasteiger partial charge on any atom is 0.312 e. The molecule has 0 fully saturated rings. The van der Waals surface area contributed by atoms with Crippen LogP contribution in [0.15, 0.2) is 89.3 Å². The van der Waals surface area contributed by atoms with Crippen molar-refractivity contribution in [1.29, 1.82) is 0 Å². The van der Waals surface area contributed by atoms with Crippen molar-refractivity contribution in [2.24, 2.45) is 4.36 Å². The van der Waals surface area contributed by atoms with E-state index in [2.05, 4.69) is 9.68 Å². The Kier molecular flexibility index (Phi) is 6.19. The van der Waals surface area contributed by atoms with Crippen molar-refractivity contribution in [3.05, 3.63) is 107 Å². The van der Waals surface area contributed by atoms with Crippen molar-refractivity contribution < 1.29 is 17.6 Å². The zero-order valence-electron chi connectivity index (χ0n) is 15.6. The van der Waals surface area contributed by atoms with Crippen LogP contribution in [-0.4, -0.2) is 14.3 Å². The number of amides is 1. The van der Waals surface area contributed by atoms with Crippen molar-refractivity contribution in [2.75, 3.05) is 0 Å². The zero-order chi connectivity index (χ0) is 20.9. The Balaban J connectivity index is 2.17. The van der Waals surface area contributed by atoms with Crippen molar-refractivity contribution in [1.82, 2.24) is 5.32 Å². The molecule has 0 aliphatic rings. The third kappa shape index (κ3) is 4.41. The largest absolute Gasteiger partial charge is 0.347 e. The van der Waals surface area contributed by atoms with Gasteiger partial charge in [0.15, 0.2) is 0 Å². The second kappa shape index (κ2) is 8.79. The van der Waals surface area contributed by atoms with Gasteiger partial charge in [-0.15, -0.1) is 4.36 Å². The van der Waals surface area contributed by atoms with Gasteiger partial charge in [0.05, 0.1) is 6.04 Å². The fourth-order valence-electron chi connectivity index (χ4n) is 3.18. The molecule has 5 nitrogen and oxygen atoms in total. The highest BCUT2D eigenvalue weighted by molar-refractivity contribution is 7.61. The maximum absolute atomic E-state index is 13.5. The molecule has 2 atom stereocenters. The maximum atomic E-state index is 13.5. The smallest absolute Gasteiger partial charge is 0.312 e. The molecule has 0 saturated carbocycles. The third-order valence-electron chi connectivity index (χ3n) is 4.64. The molecular formula is C22H19FN2O3S. The van der Waals surface area contributed by atoms with Gasteiger partial charge in [0.1, 0.15) is 5.82 Å². The predicted molar refractivity (Wildman–Crippen MR) is 108 cm³/mol.